The summed E-state index contributed by atoms with van der Waals surface area (Å²) in [6, 6.07) is 19.2. The molecule has 0 fully saturated rings. The number of aryl methyl sites for hydroxylation is 2. The van der Waals surface area contributed by atoms with E-state index in [0.29, 0.717) is 11.3 Å². The maximum absolute atomic E-state index is 13.3. The van der Waals surface area contributed by atoms with Crippen LogP contribution in [0.3, 0.4) is 0 Å². The van der Waals surface area contributed by atoms with Gasteiger partial charge in [0.15, 0.2) is 4.80 Å². The van der Waals surface area contributed by atoms with Crippen LogP contribution in [-0.2, 0) is 32.6 Å². The summed E-state index contributed by atoms with van der Waals surface area (Å²) in [4.78, 5) is 30.3. The molecule has 0 aliphatic rings. The quantitative estimate of drug-likeness (QED) is 0.271. The van der Waals surface area contributed by atoms with E-state index in [1.807, 2.05) is 56.3 Å². The van der Waals surface area contributed by atoms with Crippen molar-refractivity contribution in [1.82, 2.24) is 8.87 Å². The number of carbonyl (C=O) groups excluding carboxylic acids is 2. The monoisotopic (exact) mass is 565 g/mol. The van der Waals surface area contributed by atoms with E-state index in [1.165, 1.54) is 39.9 Å². The summed E-state index contributed by atoms with van der Waals surface area (Å²) < 4.78 is 35.7. The van der Waals surface area contributed by atoms with Crippen LogP contribution in [0.4, 0.5) is 0 Å². The maximum Gasteiger partial charge on any atom is 0.326 e. The second kappa shape index (κ2) is 12.1. The fraction of sp³-hybridized carbons (Fsp3) is 0.276. The van der Waals surface area contributed by atoms with Crippen molar-refractivity contribution in [2.45, 2.75) is 45.7 Å². The first kappa shape index (κ1) is 28.4. The minimum Gasteiger partial charge on any atom is -0.465 e. The largest absolute Gasteiger partial charge is 0.465 e. The van der Waals surface area contributed by atoms with Crippen LogP contribution >= 0.6 is 11.3 Å². The van der Waals surface area contributed by atoms with Gasteiger partial charge in [0.05, 0.1) is 21.7 Å². The number of fused-ring (bicyclic) bond motifs is 1. The first-order valence-electron chi connectivity index (χ1n) is 12.6. The lowest BCUT2D eigenvalue weighted by Gasteiger charge is -2.20. The van der Waals surface area contributed by atoms with Gasteiger partial charge in [-0.3, -0.25) is 9.59 Å². The molecule has 0 saturated carbocycles. The average Bonchev–Trinajstić information content (AvgIpc) is 3.24. The number of amides is 1. The van der Waals surface area contributed by atoms with Crippen LogP contribution in [0, 0.1) is 13.8 Å². The average molecular weight is 566 g/mol. The first-order chi connectivity index (χ1) is 18.6. The number of ether oxygens (including phenoxy) is 1. The van der Waals surface area contributed by atoms with E-state index >= 15 is 0 Å². The van der Waals surface area contributed by atoms with Gasteiger partial charge in [-0.25, -0.2) is 8.42 Å². The van der Waals surface area contributed by atoms with E-state index in [9.17, 15) is 18.0 Å². The van der Waals surface area contributed by atoms with Crippen molar-refractivity contribution >= 4 is 43.5 Å². The van der Waals surface area contributed by atoms with Gasteiger partial charge in [-0.05, 0) is 67.8 Å². The second-order valence-electron chi connectivity index (χ2n) is 9.06. The summed E-state index contributed by atoms with van der Waals surface area (Å²) >= 11 is 1.32. The Bertz CT molecular complexity index is 1670. The van der Waals surface area contributed by atoms with E-state index in [1.54, 1.807) is 18.4 Å². The number of sulfonamides is 1. The fourth-order valence-corrected chi connectivity index (χ4v) is 6.83. The molecule has 3 aromatic carbocycles. The van der Waals surface area contributed by atoms with Crippen LogP contribution in [0.2, 0.25) is 0 Å². The number of hydrogen-bond donors (Lipinski definition) is 0. The van der Waals surface area contributed by atoms with Crippen molar-refractivity contribution < 1.29 is 22.7 Å². The molecule has 0 spiro atoms. The highest BCUT2D eigenvalue weighted by atomic mass is 32.2. The van der Waals surface area contributed by atoms with Crippen molar-refractivity contribution in [2.75, 3.05) is 13.2 Å². The molecular weight excluding hydrogens is 534 g/mol. The lowest BCUT2D eigenvalue weighted by Crippen LogP contribution is -2.30. The Kier molecular flexibility index (Phi) is 8.79. The lowest BCUT2D eigenvalue weighted by molar-refractivity contribution is -0.143. The number of nitrogens with zero attached hydrogens (tertiary/aromatic N) is 3. The Labute approximate surface area is 232 Å². The molecule has 1 amide bonds. The summed E-state index contributed by atoms with van der Waals surface area (Å²) in [5.41, 5.74) is 3.98. The number of esters is 1. The second-order valence-corrected chi connectivity index (χ2v) is 12.0. The summed E-state index contributed by atoms with van der Waals surface area (Å²) in [6.07, 6.45) is 0. The Hall–Kier alpha value is -3.60. The van der Waals surface area contributed by atoms with Crippen LogP contribution in [-0.4, -0.2) is 42.3 Å². The van der Waals surface area contributed by atoms with Gasteiger partial charge < -0.3 is 9.30 Å². The van der Waals surface area contributed by atoms with Crippen molar-refractivity contribution in [3.8, 4) is 0 Å². The Morgan fingerprint density at radius 3 is 2.33 bits per heavy atom. The molecule has 0 unspecified atom stereocenters. The third kappa shape index (κ3) is 6.35. The molecule has 0 bridgehead atoms. The molecule has 8 nitrogen and oxygen atoms in total. The molecule has 10 heteroatoms. The highest BCUT2D eigenvalue weighted by Gasteiger charge is 2.23. The topological polar surface area (TPSA) is 98.0 Å². The van der Waals surface area contributed by atoms with Crippen molar-refractivity contribution in [3.05, 3.63) is 93.8 Å². The van der Waals surface area contributed by atoms with E-state index < -0.39 is 21.9 Å². The van der Waals surface area contributed by atoms with E-state index in [2.05, 4.69) is 4.99 Å². The van der Waals surface area contributed by atoms with Gasteiger partial charge in [0, 0.05) is 18.7 Å². The molecule has 0 aliphatic carbocycles. The summed E-state index contributed by atoms with van der Waals surface area (Å²) in [5.74, 6) is -0.954. The predicted octanol–water partition coefficient (Wildman–Crippen LogP) is 4.83. The minimum atomic E-state index is -3.76. The predicted molar refractivity (Wildman–Crippen MR) is 152 cm³/mol. The number of carbonyl (C=O) groups is 2. The number of thiazole rings is 1. The highest BCUT2D eigenvalue weighted by Crippen LogP contribution is 2.24. The zero-order chi connectivity index (χ0) is 28.2. The zero-order valence-corrected chi connectivity index (χ0v) is 24.0. The Morgan fingerprint density at radius 1 is 1.00 bits per heavy atom. The zero-order valence-electron chi connectivity index (χ0n) is 22.4. The molecule has 4 rings (SSSR count). The normalized spacial score (nSPS) is 12.3. The van der Waals surface area contributed by atoms with E-state index in [4.69, 9.17) is 4.74 Å². The Balaban J connectivity index is 1.66. The molecule has 0 saturated heterocycles. The third-order valence-electron chi connectivity index (χ3n) is 6.20. The lowest BCUT2D eigenvalue weighted by atomic mass is 10.1. The van der Waals surface area contributed by atoms with Gasteiger partial charge in [-0.2, -0.15) is 9.30 Å². The van der Waals surface area contributed by atoms with Crippen molar-refractivity contribution in [1.29, 1.82) is 0 Å². The molecule has 39 heavy (non-hydrogen) atoms. The molecule has 1 heterocycles. The van der Waals surface area contributed by atoms with Crippen LogP contribution in [0.25, 0.3) is 10.2 Å². The molecule has 0 atom stereocenters. The number of aromatic nitrogens is 1. The maximum atomic E-state index is 13.3. The molecule has 0 N–H and O–H groups in total. The molecule has 1 aromatic heterocycles. The third-order valence-corrected chi connectivity index (χ3v) is 9.36. The smallest absolute Gasteiger partial charge is 0.326 e. The van der Waals surface area contributed by atoms with E-state index in [0.717, 1.165) is 26.9 Å². The molecule has 204 valence electrons. The van der Waals surface area contributed by atoms with Gasteiger partial charge in [0.1, 0.15) is 6.54 Å². The molecule has 4 aromatic rings. The molecular formula is C29H31N3O5S2. The molecule has 0 aliphatic heterocycles. The highest BCUT2D eigenvalue weighted by molar-refractivity contribution is 7.89. The van der Waals surface area contributed by atoms with Crippen LogP contribution in [0.5, 0.6) is 0 Å². The van der Waals surface area contributed by atoms with Crippen molar-refractivity contribution in [2.24, 2.45) is 4.99 Å². The first-order valence-corrected chi connectivity index (χ1v) is 14.9. The minimum absolute atomic E-state index is 0.0751. The standard InChI is InChI=1S/C29H31N3O5S2/c1-5-31(18-22-10-8-7-9-11-22)39(35,36)24-14-12-23(13-15-24)28(34)30-29-32(19-26(33)37-6-2)25-17-20(3)16-21(4)27(25)38-29/h7-17H,5-6,18-19H2,1-4H3. The van der Waals surface area contributed by atoms with Crippen molar-refractivity contribution in [3.63, 3.8) is 0 Å². The number of benzene rings is 3. The summed E-state index contributed by atoms with van der Waals surface area (Å²) in [6.45, 7) is 8.20. The van der Waals surface area contributed by atoms with Crippen LogP contribution < -0.4 is 4.80 Å². The Morgan fingerprint density at radius 2 is 1.69 bits per heavy atom. The van der Waals surface area contributed by atoms with Crippen LogP contribution in [0.15, 0.2) is 76.6 Å². The summed E-state index contributed by atoms with van der Waals surface area (Å²) in [7, 11) is -3.76. The fourth-order valence-electron chi connectivity index (χ4n) is 4.31. The van der Waals surface area contributed by atoms with Gasteiger partial charge in [-0.1, -0.05) is 54.7 Å². The number of hydrogen-bond acceptors (Lipinski definition) is 6. The summed E-state index contributed by atoms with van der Waals surface area (Å²) in [5, 5.41) is 0. The number of rotatable bonds is 9. The van der Waals surface area contributed by atoms with Crippen LogP contribution in [0.1, 0.15) is 40.9 Å². The SMILES string of the molecule is CCOC(=O)Cn1c(=NC(=O)c2ccc(S(=O)(=O)N(CC)Cc3ccccc3)cc2)sc2c(C)cc(C)cc21. The van der Waals surface area contributed by atoms with Gasteiger partial charge in [-0.15, -0.1) is 0 Å². The van der Waals surface area contributed by atoms with Gasteiger partial charge >= 0.3 is 5.97 Å². The molecule has 0 radical (unpaired) electrons. The van der Waals surface area contributed by atoms with E-state index in [-0.39, 0.29) is 30.2 Å². The van der Waals surface area contributed by atoms with Gasteiger partial charge in [0.25, 0.3) is 5.91 Å². The van der Waals surface area contributed by atoms with Gasteiger partial charge in [0.2, 0.25) is 10.0 Å².